The maximum atomic E-state index is 13.9. The number of carbonyl (C=O) groups is 1. The number of aryl methyl sites for hydroxylation is 1. The van der Waals surface area contributed by atoms with Crippen LogP contribution in [-0.2, 0) is 31.0 Å². The van der Waals surface area contributed by atoms with E-state index in [4.69, 9.17) is 25.8 Å². The van der Waals surface area contributed by atoms with Crippen molar-refractivity contribution in [1.29, 1.82) is 0 Å². The lowest BCUT2D eigenvalue weighted by atomic mass is 9.64. The first-order chi connectivity index (χ1) is 22.5. The number of amides is 1. The number of hydrogen-bond acceptors (Lipinski definition) is 6. The highest BCUT2D eigenvalue weighted by Gasteiger charge is 2.48. The number of hydrogen-bond donors (Lipinski definition) is 1. The molecule has 2 aliphatic carbocycles. The molecule has 0 aromatic heterocycles. The van der Waals surface area contributed by atoms with Crippen LogP contribution in [0.5, 0.6) is 5.75 Å². The normalized spacial score (nSPS) is 34.3. The van der Waals surface area contributed by atoms with Gasteiger partial charge in [0.1, 0.15) is 18.0 Å². The number of nitrogens with zero attached hydrogens (tertiary/aromatic N) is 1. The number of ether oxygens (including phenoxy) is 3. The van der Waals surface area contributed by atoms with Gasteiger partial charge in [0.15, 0.2) is 0 Å². The van der Waals surface area contributed by atoms with Crippen LogP contribution in [0.15, 0.2) is 48.6 Å². The average Bonchev–Trinajstić information content (AvgIpc) is 3.18. The van der Waals surface area contributed by atoms with Crippen molar-refractivity contribution in [2.45, 2.75) is 68.6 Å². The third-order valence-electron chi connectivity index (χ3n) is 11.1. The Labute approximate surface area is 285 Å². The lowest BCUT2D eigenvalue weighted by Crippen LogP contribution is -2.52. The van der Waals surface area contributed by atoms with Crippen molar-refractivity contribution in [1.82, 2.24) is 4.72 Å². The number of carbonyl (C=O) groups excluding carboxylic acids is 1. The minimum atomic E-state index is -2.96. The zero-order valence-electron chi connectivity index (χ0n) is 28.0. The quantitative estimate of drug-likeness (QED) is 0.231. The highest BCUT2D eigenvalue weighted by Crippen LogP contribution is 2.49. The van der Waals surface area contributed by atoms with Crippen LogP contribution < -0.4 is 14.4 Å². The summed E-state index contributed by atoms with van der Waals surface area (Å²) >= 11 is 6.46. The molecule has 4 aliphatic rings. The maximum Gasteiger partial charge on any atom is 0.262 e. The van der Waals surface area contributed by atoms with Crippen LogP contribution in [-0.4, -0.2) is 67.4 Å². The van der Waals surface area contributed by atoms with E-state index in [1.54, 1.807) is 20.3 Å². The van der Waals surface area contributed by atoms with Gasteiger partial charge in [-0.3, -0.25) is 9.52 Å². The maximum absolute atomic E-state index is 13.9. The Morgan fingerprint density at radius 1 is 1.19 bits per heavy atom. The molecule has 7 nitrogen and oxygen atoms in total. The highest BCUT2D eigenvalue weighted by molar-refractivity contribution is 7.99. The van der Waals surface area contributed by atoms with Crippen LogP contribution in [0.2, 0.25) is 5.02 Å². The summed E-state index contributed by atoms with van der Waals surface area (Å²) < 4.78 is 34.9. The number of anilines is 1. The van der Waals surface area contributed by atoms with Gasteiger partial charge in [-0.2, -0.15) is 0 Å². The number of fused-ring (bicyclic) bond motifs is 4. The second kappa shape index (κ2) is 13.5. The fourth-order valence-corrected chi connectivity index (χ4v) is 9.67. The molecule has 2 aliphatic heterocycles. The van der Waals surface area contributed by atoms with E-state index in [1.807, 2.05) is 32.0 Å². The lowest BCUT2D eigenvalue weighted by Gasteiger charge is -2.48. The Hall–Kier alpha value is -2.96. The summed E-state index contributed by atoms with van der Waals surface area (Å²) in [5.41, 5.74) is 2.84. The molecule has 1 unspecified atom stereocenters. The van der Waals surface area contributed by atoms with Crippen LogP contribution in [0.25, 0.3) is 0 Å². The zero-order valence-corrected chi connectivity index (χ0v) is 29.6. The van der Waals surface area contributed by atoms with Gasteiger partial charge in [-0.15, -0.1) is 0 Å². The first kappa shape index (κ1) is 33.9. The van der Waals surface area contributed by atoms with Crippen LogP contribution in [0.3, 0.4) is 0 Å². The standard InChI is InChI=1S/C38H47ClN2O5S/c1-26-9-6-18-38(45-4,19-8-20-44-3)33-14-11-30(33)23-41-24-37(17-7-10-28-21-31(39)13-15-32(28)37)25-46-35-16-12-29(22-34(35)41)36(42)40-47(5,43)27(26)2/h6,12-13,15-16,18,21-22,26-27,30,33H,5,7,9-11,14,17,20,23-25H2,1-4H3,(H,40,42,43)/b18-6+/t26-,27+,30-,33+,37-,38+,47?/m0/s1. The summed E-state index contributed by atoms with van der Waals surface area (Å²) in [5.74, 6) is 11.4. The molecule has 1 fully saturated rings. The summed E-state index contributed by atoms with van der Waals surface area (Å²) in [5, 5.41) is 0.387. The molecule has 2 bridgehead atoms. The van der Waals surface area contributed by atoms with E-state index in [-0.39, 0.29) is 34.3 Å². The molecule has 2 aromatic carbocycles. The van der Waals surface area contributed by atoms with Crippen LogP contribution in [0, 0.1) is 29.6 Å². The van der Waals surface area contributed by atoms with E-state index in [9.17, 15) is 9.00 Å². The number of methoxy groups -OCH3 is 2. The van der Waals surface area contributed by atoms with Crippen LogP contribution in [0.4, 0.5) is 5.69 Å². The predicted octanol–water partition coefficient (Wildman–Crippen LogP) is 6.22. The average molecular weight is 679 g/mol. The number of benzene rings is 2. The molecule has 1 spiro atoms. The Morgan fingerprint density at radius 2 is 2.02 bits per heavy atom. The number of allylic oxidation sites excluding steroid dienone is 1. The molecule has 252 valence electrons. The second-order valence-corrected chi connectivity index (χ2v) is 16.8. The van der Waals surface area contributed by atoms with Crippen molar-refractivity contribution in [2.24, 2.45) is 17.8 Å². The molecule has 6 rings (SSSR count). The summed E-state index contributed by atoms with van der Waals surface area (Å²) in [6.07, 6.45) is 9.89. The van der Waals surface area contributed by atoms with Crippen molar-refractivity contribution >= 4 is 38.8 Å². The molecule has 2 heterocycles. The third-order valence-corrected chi connectivity index (χ3v) is 13.5. The smallest absolute Gasteiger partial charge is 0.262 e. The Morgan fingerprint density at radius 3 is 2.77 bits per heavy atom. The van der Waals surface area contributed by atoms with Gasteiger partial charge in [0.05, 0.1) is 22.0 Å². The first-order valence-corrected chi connectivity index (χ1v) is 18.9. The van der Waals surface area contributed by atoms with Gasteiger partial charge in [0.25, 0.3) is 5.91 Å². The van der Waals surface area contributed by atoms with E-state index in [2.05, 4.69) is 51.6 Å². The summed E-state index contributed by atoms with van der Waals surface area (Å²) in [7, 11) is 0.425. The van der Waals surface area contributed by atoms with Crippen molar-refractivity contribution in [3.63, 3.8) is 0 Å². The van der Waals surface area contributed by atoms with Crippen molar-refractivity contribution in [3.05, 3.63) is 70.3 Å². The molecule has 0 saturated heterocycles. The number of halogens is 1. The third kappa shape index (κ3) is 6.57. The molecular weight excluding hydrogens is 632 g/mol. The van der Waals surface area contributed by atoms with Gasteiger partial charge in [0, 0.05) is 54.5 Å². The van der Waals surface area contributed by atoms with Gasteiger partial charge in [-0.05, 0) is 111 Å². The fourth-order valence-electron chi connectivity index (χ4n) is 8.00. The van der Waals surface area contributed by atoms with Crippen molar-refractivity contribution in [2.75, 3.05) is 45.4 Å². The second-order valence-electron chi connectivity index (χ2n) is 13.9. The molecular formula is C38H47ClN2O5S. The van der Waals surface area contributed by atoms with Crippen LogP contribution >= 0.6 is 11.6 Å². The molecule has 0 radical (unpaired) electrons. The summed E-state index contributed by atoms with van der Waals surface area (Å²) in [6, 6.07) is 11.8. The molecule has 47 heavy (non-hydrogen) atoms. The molecule has 9 heteroatoms. The summed E-state index contributed by atoms with van der Waals surface area (Å²) in [4.78, 5) is 16.1. The topological polar surface area (TPSA) is 77.1 Å². The molecule has 7 atom stereocenters. The Balaban J connectivity index is 1.47. The number of nitrogens with one attached hydrogen (secondary N) is 1. The van der Waals surface area contributed by atoms with E-state index < -0.39 is 15.3 Å². The summed E-state index contributed by atoms with van der Waals surface area (Å²) in [6.45, 7) is 6.26. The minimum absolute atomic E-state index is 0.0106. The Bertz CT molecular complexity index is 1710. The molecule has 2 aromatic rings. The SMILES string of the molecule is C=S1(=O)NC(=O)c2ccc3c(c2)N(C[C@@H]2CC[C@H]2[C@@](C#CCOC)(OC)/C=C/C[C@H](C)[C@H]1C)C[C@@]1(CCCc2cc(Cl)ccc21)CO3. The van der Waals surface area contributed by atoms with E-state index in [0.29, 0.717) is 25.2 Å². The molecule has 1 N–H and O–H groups in total. The first-order valence-electron chi connectivity index (χ1n) is 16.7. The fraction of sp³-hybridized carbons (Fsp3) is 0.526. The number of rotatable bonds is 2. The van der Waals surface area contributed by atoms with E-state index in [1.165, 1.54) is 11.1 Å². The van der Waals surface area contributed by atoms with Gasteiger partial charge in [-0.1, -0.05) is 42.5 Å². The monoisotopic (exact) mass is 678 g/mol. The Kier molecular flexibility index (Phi) is 9.75. The van der Waals surface area contributed by atoms with E-state index >= 15 is 0 Å². The molecule has 1 amide bonds. The lowest BCUT2D eigenvalue weighted by molar-refractivity contribution is -0.0352. The van der Waals surface area contributed by atoms with Gasteiger partial charge >= 0.3 is 0 Å². The molecule has 1 saturated carbocycles. The van der Waals surface area contributed by atoms with Crippen molar-refractivity contribution < 1.29 is 23.2 Å². The minimum Gasteiger partial charge on any atom is -0.490 e. The van der Waals surface area contributed by atoms with Gasteiger partial charge in [-0.25, -0.2) is 4.21 Å². The predicted molar refractivity (Wildman–Crippen MR) is 191 cm³/mol. The van der Waals surface area contributed by atoms with Gasteiger partial charge < -0.3 is 19.1 Å². The largest absolute Gasteiger partial charge is 0.490 e. The van der Waals surface area contributed by atoms with Crippen molar-refractivity contribution in [3.8, 4) is 17.6 Å². The van der Waals surface area contributed by atoms with E-state index in [0.717, 1.165) is 61.7 Å². The van der Waals surface area contributed by atoms with Crippen LogP contribution in [0.1, 0.15) is 67.4 Å². The van der Waals surface area contributed by atoms with Gasteiger partial charge in [0.2, 0.25) is 0 Å². The zero-order chi connectivity index (χ0) is 33.4. The highest BCUT2D eigenvalue weighted by atomic mass is 35.5.